The highest BCUT2D eigenvalue weighted by Crippen LogP contribution is 2.37. The molecule has 3 heterocycles. The van der Waals surface area contributed by atoms with Crippen LogP contribution in [-0.4, -0.2) is 52.1 Å². The molecule has 1 spiro atoms. The Morgan fingerprint density at radius 1 is 1.47 bits per heavy atom. The summed E-state index contributed by atoms with van der Waals surface area (Å²) in [5.74, 6) is 0. The van der Waals surface area contributed by atoms with Crippen molar-refractivity contribution >= 4 is 0 Å². The van der Waals surface area contributed by atoms with E-state index in [0.29, 0.717) is 12.6 Å². The minimum absolute atomic E-state index is 0.0971. The van der Waals surface area contributed by atoms with Gasteiger partial charge < -0.3 is 14.6 Å². The summed E-state index contributed by atoms with van der Waals surface area (Å²) in [6.07, 6.45) is 6.45. The zero-order valence-corrected chi connectivity index (χ0v) is 11.1. The molecule has 0 saturated carbocycles. The highest BCUT2D eigenvalue weighted by atomic mass is 16.6. The van der Waals surface area contributed by atoms with Crippen LogP contribution in [0.3, 0.4) is 0 Å². The maximum Gasteiger partial charge on any atom is 0.0957 e. The number of aliphatic hydroxyl groups excluding tert-OH is 1. The molecule has 19 heavy (non-hydrogen) atoms. The Morgan fingerprint density at radius 2 is 2.42 bits per heavy atom. The average Bonchev–Trinajstić information content (AvgIpc) is 3.06. The fraction of sp³-hybridized carbons (Fsp3) is 0.846. The number of hydrogen-bond acceptors (Lipinski definition) is 5. The standard InChI is InChI=1S/C13H21N3O3/c17-5-1-2-11-9-16(15-14-11)12-3-6-19-13(8-12)4-7-18-10-13/h9,12,17H,1-8,10H2. The van der Waals surface area contributed by atoms with Crippen LogP contribution >= 0.6 is 0 Å². The van der Waals surface area contributed by atoms with Crippen molar-refractivity contribution in [1.82, 2.24) is 15.0 Å². The van der Waals surface area contributed by atoms with Gasteiger partial charge in [0.15, 0.2) is 0 Å². The Morgan fingerprint density at radius 3 is 3.21 bits per heavy atom. The summed E-state index contributed by atoms with van der Waals surface area (Å²) in [5, 5.41) is 17.2. The number of aliphatic hydroxyl groups is 1. The molecule has 6 heteroatoms. The molecule has 2 aliphatic rings. The van der Waals surface area contributed by atoms with Crippen LogP contribution in [0.1, 0.15) is 37.4 Å². The van der Waals surface area contributed by atoms with E-state index in [2.05, 4.69) is 10.3 Å². The van der Waals surface area contributed by atoms with Gasteiger partial charge >= 0.3 is 0 Å². The molecule has 0 radical (unpaired) electrons. The van der Waals surface area contributed by atoms with Crippen molar-refractivity contribution in [2.75, 3.05) is 26.4 Å². The quantitative estimate of drug-likeness (QED) is 0.870. The first-order chi connectivity index (χ1) is 9.31. The summed E-state index contributed by atoms with van der Waals surface area (Å²) < 4.78 is 13.4. The van der Waals surface area contributed by atoms with Gasteiger partial charge in [0.1, 0.15) is 0 Å². The van der Waals surface area contributed by atoms with Crippen LogP contribution in [-0.2, 0) is 15.9 Å². The summed E-state index contributed by atoms with van der Waals surface area (Å²) >= 11 is 0. The molecule has 2 atom stereocenters. The van der Waals surface area contributed by atoms with Crippen LogP contribution in [0.25, 0.3) is 0 Å². The Hall–Kier alpha value is -0.980. The number of aryl methyl sites for hydroxylation is 1. The zero-order valence-electron chi connectivity index (χ0n) is 11.1. The van der Waals surface area contributed by atoms with E-state index in [-0.39, 0.29) is 12.2 Å². The lowest BCUT2D eigenvalue weighted by atomic mass is 9.90. The average molecular weight is 267 g/mol. The van der Waals surface area contributed by atoms with Crippen molar-refractivity contribution in [1.29, 1.82) is 0 Å². The van der Waals surface area contributed by atoms with E-state index in [4.69, 9.17) is 14.6 Å². The maximum absolute atomic E-state index is 8.84. The molecule has 3 rings (SSSR count). The third kappa shape index (κ3) is 2.80. The lowest BCUT2D eigenvalue weighted by molar-refractivity contribution is -0.0964. The minimum Gasteiger partial charge on any atom is -0.396 e. The van der Waals surface area contributed by atoms with Crippen molar-refractivity contribution in [3.8, 4) is 0 Å². The van der Waals surface area contributed by atoms with Crippen molar-refractivity contribution in [3.63, 3.8) is 0 Å². The van der Waals surface area contributed by atoms with Gasteiger partial charge in [0.05, 0.1) is 23.9 Å². The van der Waals surface area contributed by atoms with Gasteiger partial charge in [-0.15, -0.1) is 5.10 Å². The molecule has 2 unspecified atom stereocenters. The molecule has 0 aromatic carbocycles. The number of hydrogen-bond donors (Lipinski definition) is 1. The Bertz CT molecular complexity index is 415. The Labute approximate surface area is 112 Å². The smallest absolute Gasteiger partial charge is 0.0957 e. The van der Waals surface area contributed by atoms with Gasteiger partial charge in [-0.2, -0.15) is 0 Å². The largest absolute Gasteiger partial charge is 0.396 e. The molecular weight excluding hydrogens is 246 g/mol. The predicted molar refractivity (Wildman–Crippen MR) is 67.8 cm³/mol. The molecule has 2 fully saturated rings. The molecule has 106 valence electrons. The number of rotatable bonds is 4. The second kappa shape index (κ2) is 5.56. The van der Waals surface area contributed by atoms with Gasteiger partial charge in [0.2, 0.25) is 0 Å². The molecule has 1 aromatic rings. The fourth-order valence-corrected chi connectivity index (χ4v) is 2.96. The molecule has 2 saturated heterocycles. The fourth-order valence-electron chi connectivity index (χ4n) is 2.96. The van der Waals surface area contributed by atoms with Crippen LogP contribution in [0, 0.1) is 0 Å². The molecular formula is C13H21N3O3. The third-order valence-corrected chi connectivity index (χ3v) is 4.06. The first-order valence-corrected chi connectivity index (χ1v) is 7.05. The van der Waals surface area contributed by atoms with Gasteiger partial charge in [-0.3, -0.25) is 0 Å². The topological polar surface area (TPSA) is 69.4 Å². The summed E-state index contributed by atoms with van der Waals surface area (Å²) in [6, 6.07) is 0.353. The van der Waals surface area contributed by atoms with E-state index in [1.165, 1.54) is 0 Å². The lowest BCUT2D eigenvalue weighted by Gasteiger charge is -2.36. The number of nitrogens with zero attached hydrogens (tertiary/aromatic N) is 3. The van der Waals surface area contributed by atoms with Crippen LogP contribution in [0.5, 0.6) is 0 Å². The minimum atomic E-state index is -0.0971. The van der Waals surface area contributed by atoms with Gasteiger partial charge in [-0.25, -0.2) is 4.68 Å². The Kier molecular flexibility index (Phi) is 3.81. The van der Waals surface area contributed by atoms with Gasteiger partial charge in [-0.1, -0.05) is 5.21 Å². The summed E-state index contributed by atoms with van der Waals surface area (Å²) in [6.45, 7) is 2.46. The first kappa shape index (κ1) is 13.0. The summed E-state index contributed by atoms with van der Waals surface area (Å²) in [7, 11) is 0. The van der Waals surface area contributed by atoms with E-state index in [0.717, 1.165) is 51.0 Å². The molecule has 6 nitrogen and oxygen atoms in total. The van der Waals surface area contributed by atoms with E-state index in [1.807, 2.05) is 10.9 Å². The zero-order chi connectivity index (χ0) is 13.1. The monoisotopic (exact) mass is 267 g/mol. The van der Waals surface area contributed by atoms with Crippen LogP contribution in [0.15, 0.2) is 6.20 Å². The highest BCUT2D eigenvalue weighted by molar-refractivity contribution is 4.97. The van der Waals surface area contributed by atoms with Crippen molar-refractivity contribution in [2.45, 2.75) is 43.7 Å². The van der Waals surface area contributed by atoms with E-state index in [9.17, 15) is 0 Å². The number of aromatic nitrogens is 3. The molecule has 1 N–H and O–H groups in total. The molecule has 0 bridgehead atoms. The van der Waals surface area contributed by atoms with E-state index >= 15 is 0 Å². The summed E-state index contributed by atoms with van der Waals surface area (Å²) in [4.78, 5) is 0. The SMILES string of the molecule is OCCCc1cn(C2CCOC3(CCOC3)C2)nn1. The second-order valence-corrected chi connectivity index (χ2v) is 5.50. The molecule has 1 aromatic heterocycles. The predicted octanol–water partition coefficient (Wildman–Crippen LogP) is 0.714. The normalized spacial score (nSPS) is 31.1. The highest BCUT2D eigenvalue weighted by Gasteiger charge is 2.41. The van der Waals surface area contributed by atoms with Crippen LogP contribution in [0.4, 0.5) is 0 Å². The van der Waals surface area contributed by atoms with Crippen LogP contribution < -0.4 is 0 Å². The number of ether oxygens (including phenoxy) is 2. The third-order valence-electron chi connectivity index (χ3n) is 4.06. The molecule has 2 aliphatic heterocycles. The van der Waals surface area contributed by atoms with Crippen molar-refractivity contribution < 1.29 is 14.6 Å². The van der Waals surface area contributed by atoms with E-state index in [1.54, 1.807) is 0 Å². The lowest BCUT2D eigenvalue weighted by Crippen LogP contribution is -2.41. The van der Waals surface area contributed by atoms with Crippen molar-refractivity contribution in [3.05, 3.63) is 11.9 Å². The van der Waals surface area contributed by atoms with Crippen LogP contribution in [0.2, 0.25) is 0 Å². The summed E-state index contributed by atoms with van der Waals surface area (Å²) in [5.41, 5.74) is 0.859. The second-order valence-electron chi connectivity index (χ2n) is 5.50. The van der Waals surface area contributed by atoms with Crippen molar-refractivity contribution in [2.24, 2.45) is 0 Å². The van der Waals surface area contributed by atoms with Gasteiger partial charge in [0.25, 0.3) is 0 Å². The molecule has 0 amide bonds. The maximum atomic E-state index is 8.84. The molecule has 0 aliphatic carbocycles. The van der Waals surface area contributed by atoms with Gasteiger partial charge in [-0.05, 0) is 19.3 Å². The first-order valence-electron chi connectivity index (χ1n) is 7.05. The van der Waals surface area contributed by atoms with Gasteiger partial charge in [0, 0.05) is 38.9 Å². The Balaban J connectivity index is 1.66. The van der Waals surface area contributed by atoms with E-state index < -0.39 is 0 Å².